The highest BCUT2D eigenvalue weighted by Crippen LogP contribution is 2.21. The summed E-state index contributed by atoms with van der Waals surface area (Å²) in [6.07, 6.45) is 0. The third kappa shape index (κ3) is 3.44. The van der Waals surface area contributed by atoms with E-state index in [2.05, 4.69) is 19.2 Å². The van der Waals surface area contributed by atoms with Crippen LogP contribution in [-0.4, -0.2) is 31.1 Å². The molecule has 1 aromatic carbocycles. The third-order valence-electron chi connectivity index (χ3n) is 2.92. The topological polar surface area (TPSA) is 104 Å². The number of hydrogen-bond donors (Lipinski definition) is 0. The molecule has 8 nitrogen and oxygen atoms in total. The number of carbonyl (C=O) groups excluding carboxylic acids is 2. The zero-order valence-corrected chi connectivity index (χ0v) is 14.2. The van der Waals surface area contributed by atoms with Gasteiger partial charge in [0.25, 0.3) is 0 Å². The number of aromatic nitrogens is 4. The standard InChI is InChI=1S/C14H10N4O4S2/c1-7-11(23-17-15-7)13(19)21-9-3-5-10(6-4-9)22-14(20)12-8(2)16-18-24-12/h3-6H,1-2H3. The Morgan fingerprint density at radius 3 is 1.46 bits per heavy atom. The number of benzene rings is 1. The van der Waals surface area contributed by atoms with Crippen LogP contribution >= 0.6 is 23.1 Å². The molecular weight excluding hydrogens is 352 g/mol. The number of aryl methyl sites for hydroxylation is 2. The lowest BCUT2D eigenvalue weighted by Gasteiger charge is -2.05. The average Bonchev–Trinajstić information content (AvgIpc) is 3.17. The fraction of sp³-hybridized carbons (Fsp3) is 0.143. The summed E-state index contributed by atoms with van der Waals surface area (Å²) in [6.45, 7) is 3.36. The summed E-state index contributed by atoms with van der Waals surface area (Å²) < 4.78 is 17.8. The molecule has 2 aromatic heterocycles. The van der Waals surface area contributed by atoms with Gasteiger partial charge in [0.05, 0.1) is 11.4 Å². The summed E-state index contributed by atoms with van der Waals surface area (Å²) in [5.74, 6) is -0.413. The van der Waals surface area contributed by atoms with Gasteiger partial charge >= 0.3 is 11.9 Å². The minimum atomic E-state index is -0.529. The fourth-order valence-corrected chi connectivity index (χ4v) is 2.79. The van der Waals surface area contributed by atoms with Crippen molar-refractivity contribution in [2.45, 2.75) is 13.8 Å². The van der Waals surface area contributed by atoms with Crippen molar-refractivity contribution in [2.24, 2.45) is 0 Å². The van der Waals surface area contributed by atoms with Crippen molar-refractivity contribution in [3.05, 3.63) is 45.4 Å². The number of esters is 2. The lowest BCUT2D eigenvalue weighted by atomic mass is 10.3. The SMILES string of the molecule is Cc1nnsc1C(=O)Oc1ccc(OC(=O)c2snnc2C)cc1. The van der Waals surface area contributed by atoms with Crippen LogP contribution in [0.3, 0.4) is 0 Å². The highest BCUT2D eigenvalue weighted by atomic mass is 32.1. The first-order valence-corrected chi connectivity index (χ1v) is 8.21. The van der Waals surface area contributed by atoms with Crippen molar-refractivity contribution in [3.8, 4) is 11.5 Å². The number of rotatable bonds is 4. The van der Waals surface area contributed by atoms with E-state index in [1.807, 2.05) is 0 Å². The molecule has 10 heteroatoms. The molecule has 3 rings (SSSR count). The summed E-state index contributed by atoms with van der Waals surface area (Å²) >= 11 is 1.95. The minimum Gasteiger partial charge on any atom is -0.422 e. The second kappa shape index (κ2) is 6.81. The molecule has 0 bridgehead atoms. The second-order valence-corrected chi connectivity index (χ2v) is 6.13. The Bertz CT molecular complexity index is 815. The van der Waals surface area contributed by atoms with Gasteiger partial charge in [0, 0.05) is 0 Å². The lowest BCUT2D eigenvalue weighted by molar-refractivity contribution is 0.0723. The molecule has 3 aromatic rings. The largest absolute Gasteiger partial charge is 0.422 e. The first kappa shape index (κ1) is 16.1. The van der Waals surface area contributed by atoms with Crippen LogP contribution in [-0.2, 0) is 0 Å². The van der Waals surface area contributed by atoms with Gasteiger partial charge in [0.15, 0.2) is 9.75 Å². The van der Waals surface area contributed by atoms with Crippen molar-refractivity contribution >= 4 is 35.0 Å². The molecule has 2 heterocycles. The van der Waals surface area contributed by atoms with Crippen molar-refractivity contribution in [1.82, 2.24) is 19.2 Å². The predicted molar refractivity (Wildman–Crippen MR) is 85.7 cm³/mol. The monoisotopic (exact) mass is 362 g/mol. The summed E-state index contributed by atoms with van der Waals surface area (Å²) in [4.78, 5) is 24.6. The molecule has 122 valence electrons. The second-order valence-electron chi connectivity index (χ2n) is 4.63. The maximum atomic E-state index is 12.0. The molecule has 0 fully saturated rings. The number of ether oxygens (including phenoxy) is 2. The molecule has 0 radical (unpaired) electrons. The zero-order chi connectivity index (χ0) is 17.1. The van der Waals surface area contributed by atoms with Crippen molar-refractivity contribution < 1.29 is 19.1 Å². The molecule has 0 saturated carbocycles. The molecule has 0 aliphatic heterocycles. The molecule has 0 amide bonds. The highest BCUT2D eigenvalue weighted by Gasteiger charge is 2.17. The fourth-order valence-electron chi connectivity index (χ4n) is 1.72. The Hall–Kier alpha value is -2.72. The van der Waals surface area contributed by atoms with E-state index in [9.17, 15) is 9.59 Å². The number of nitrogens with zero attached hydrogens (tertiary/aromatic N) is 4. The quantitative estimate of drug-likeness (QED) is 0.515. The van der Waals surface area contributed by atoms with Crippen LogP contribution in [0.4, 0.5) is 0 Å². The van der Waals surface area contributed by atoms with Gasteiger partial charge in [-0.1, -0.05) is 8.98 Å². The lowest BCUT2D eigenvalue weighted by Crippen LogP contribution is -2.09. The van der Waals surface area contributed by atoms with Crippen LogP contribution < -0.4 is 9.47 Å². The Labute approximate surface area is 144 Å². The molecule has 0 unspecified atom stereocenters. The van der Waals surface area contributed by atoms with E-state index in [4.69, 9.17) is 9.47 Å². The average molecular weight is 362 g/mol. The molecule has 0 saturated heterocycles. The van der Waals surface area contributed by atoms with E-state index < -0.39 is 11.9 Å². The minimum absolute atomic E-state index is 0.322. The van der Waals surface area contributed by atoms with Crippen LogP contribution in [0.25, 0.3) is 0 Å². The van der Waals surface area contributed by atoms with E-state index in [1.165, 1.54) is 24.3 Å². The third-order valence-corrected chi connectivity index (χ3v) is 4.53. The Balaban J connectivity index is 1.65. The van der Waals surface area contributed by atoms with Crippen molar-refractivity contribution in [1.29, 1.82) is 0 Å². The van der Waals surface area contributed by atoms with E-state index in [0.717, 1.165) is 23.1 Å². The predicted octanol–water partition coefficient (Wildman–Crippen LogP) is 2.44. The zero-order valence-electron chi connectivity index (χ0n) is 12.5. The smallest absolute Gasteiger partial charge is 0.357 e. The summed E-state index contributed by atoms with van der Waals surface area (Å²) in [5, 5.41) is 7.52. The van der Waals surface area contributed by atoms with Gasteiger partial charge in [-0.05, 0) is 61.2 Å². The molecule has 0 aliphatic rings. The summed E-state index contributed by atoms with van der Waals surface area (Å²) in [7, 11) is 0. The summed E-state index contributed by atoms with van der Waals surface area (Å²) in [6, 6.07) is 6.12. The molecule has 0 spiro atoms. The van der Waals surface area contributed by atoms with E-state index in [-0.39, 0.29) is 0 Å². The van der Waals surface area contributed by atoms with Gasteiger partial charge < -0.3 is 9.47 Å². The molecule has 24 heavy (non-hydrogen) atoms. The molecule has 0 N–H and O–H groups in total. The molecule has 0 aliphatic carbocycles. The van der Waals surface area contributed by atoms with Gasteiger partial charge in [-0.2, -0.15) is 0 Å². The van der Waals surface area contributed by atoms with Gasteiger partial charge in [0.1, 0.15) is 11.5 Å². The van der Waals surface area contributed by atoms with E-state index in [1.54, 1.807) is 13.8 Å². The van der Waals surface area contributed by atoms with Crippen LogP contribution in [0.1, 0.15) is 30.7 Å². The summed E-state index contributed by atoms with van der Waals surface area (Å²) in [5.41, 5.74) is 1.04. The Morgan fingerprint density at radius 2 is 1.17 bits per heavy atom. The van der Waals surface area contributed by atoms with Gasteiger partial charge in [-0.15, -0.1) is 10.2 Å². The van der Waals surface area contributed by atoms with E-state index >= 15 is 0 Å². The normalized spacial score (nSPS) is 10.4. The van der Waals surface area contributed by atoms with E-state index in [0.29, 0.717) is 32.6 Å². The maximum Gasteiger partial charge on any atom is 0.357 e. The molecule has 0 atom stereocenters. The van der Waals surface area contributed by atoms with Crippen molar-refractivity contribution in [3.63, 3.8) is 0 Å². The van der Waals surface area contributed by atoms with Crippen LogP contribution in [0, 0.1) is 13.8 Å². The highest BCUT2D eigenvalue weighted by molar-refractivity contribution is 7.08. The Morgan fingerprint density at radius 1 is 0.792 bits per heavy atom. The van der Waals surface area contributed by atoms with Gasteiger partial charge in [0.2, 0.25) is 0 Å². The van der Waals surface area contributed by atoms with Gasteiger partial charge in [-0.3, -0.25) is 0 Å². The first-order valence-electron chi connectivity index (χ1n) is 6.67. The molecular formula is C14H10N4O4S2. The van der Waals surface area contributed by atoms with Crippen molar-refractivity contribution in [2.75, 3.05) is 0 Å². The maximum absolute atomic E-state index is 12.0. The van der Waals surface area contributed by atoms with Crippen LogP contribution in [0.2, 0.25) is 0 Å². The first-order chi connectivity index (χ1) is 11.5. The number of carbonyl (C=O) groups is 2. The van der Waals surface area contributed by atoms with Gasteiger partial charge in [-0.25, -0.2) is 9.59 Å². The van der Waals surface area contributed by atoms with Crippen LogP contribution in [0.15, 0.2) is 24.3 Å². The van der Waals surface area contributed by atoms with Crippen LogP contribution in [0.5, 0.6) is 11.5 Å². The number of hydrogen-bond acceptors (Lipinski definition) is 10. The Kier molecular flexibility index (Phi) is 4.58.